The molecule has 1 aliphatic carbocycles. The number of hydrogen-bond acceptors (Lipinski definition) is 3. The number of rotatable bonds is 2. The molecule has 0 aromatic heterocycles. The molecule has 1 saturated heterocycles. The monoisotopic (exact) mass is 253 g/mol. The molecule has 0 radical (unpaired) electrons. The summed E-state index contributed by atoms with van der Waals surface area (Å²) in [5, 5.41) is 10.4. The third-order valence-corrected chi connectivity index (χ3v) is 3.05. The van der Waals surface area contributed by atoms with E-state index in [1.165, 1.54) is 0 Å². The molecule has 4 nitrogen and oxygen atoms in total. The van der Waals surface area contributed by atoms with E-state index in [4.69, 9.17) is 9.90 Å². The molecule has 98 valence electrons. The summed E-state index contributed by atoms with van der Waals surface area (Å²) >= 11 is 0. The lowest BCUT2D eigenvalue weighted by Crippen LogP contribution is -2.21. The van der Waals surface area contributed by atoms with Gasteiger partial charge in [-0.3, -0.25) is 4.79 Å². The first-order valence-corrected chi connectivity index (χ1v) is 5.32. The Kier molecular flexibility index (Phi) is 4.13. The zero-order valence-electron chi connectivity index (χ0n) is 9.25. The highest BCUT2D eigenvalue weighted by Crippen LogP contribution is 2.49. The average molecular weight is 253 g/mol. The summed E-state index contributed by atoms with van der Waals surface area (Å²) < 4.78 is 31.7. The van der Waals surface area contributed by atoms with Crippen LogP contribution in [0.4, 0.5) is 13.2 Å². The molecular formula is C10H14F3NO3. The molecule has 2 N–H and O–H groups in total. The minimum atomic E-state index is -5.08. The van der Waals surface area contributed by atoms with Crippen LogP contribution in [0.1, 0.15) is 13.3 Å². The third-order valence-electron chi connectivity index (χ3n) is 3.05. The van der Waals surface area contributed by atoms with Crippen LogP contribution in [0.25, 0.3) is 0 Å². The second-order valence-corrected chi connectivity index (χ2v) is 4.13. The van der Waals surface area contributed by atoms with E-state index in [-0.39, 0.29) is 0 Å². The molecule has 17 heavy (non-hydrogen) atoms. The van der Waals surface area contributed by atoms with Crippen LogP contribution >= 0.6 is 0 Å². The zero-order valence-corrected chi connectivity index (χ0v) is 9.25. The molecule has 0 bridgehead atoms. The van der Waals surface area contributed by atoms with Crippen LogP contribution in [0.3, 0.4) is 0 Å². The van der Waals surface area contributed by atoms with Crippen molar-refractivity contribution in [1.29, 1.82) is 0 Å². The second-order valence-electron chi connectivity index (χ2n) is 4.13. The fourth-order valence-corrected chi connectivity index (χ4v) is 2.13. The highest BCUT2D eigenvalue weighted by atomic mass is 19.4. The molecule has 2 aliphatic rings. The molecule has 0 amide bonds. The number of alkyl halides is 3. The highest BCUT2D eigenvalue weighted by molar-refractivity contribution is 5.84. The number of piperidine rings is 1. The van der Waals surface area contributed by atoms with Gasteiger partial charge in [0.05, 0.1) is 0 Å². The maximum atomic E-state index is 11.2. The molecule has 0 aromatic carbocycles. The number of hydrogen-bond donors (Lipinski definition) is 2. The van der Waals surface area contributed by atoms with Crippen LogP contribution in [0.2, 0.25) is 0 Å². The van der Waals surface area contributed by atoms with Crippen molar-refractivity contribution in [2.75, 3.05) is 13.1 Å². The van der Waals surface area contributed by atoms with Crippen LogP contribution in [-0.4, -0.2) is 36.1 Å². The van der Waals surface area contributed by atoms with Crippen molar-refractivity contribution in [3.05, 3.63) is 0 Å². The lowest BCUT2D eigenvalue weighted by molar-refractivity contribution is -0.192. The number of carbonyl (C=O) groups excluding carboxylic acids is 1. The molecule has 7 heteroatoms. The fraction of sp³-hybridized carbons (Fsp3) is 0.800. The largest absolute Gasteiger partial charge is 0.490 e. The first-order valence-electron chi connectivity index (χ1n) is 5.32. The van der Waals surface area contributed by atoms with Gasteiger partial charge in [-0.25, -0.2) is 4.79 Å². The number of nitrogens with one attached hydrogen (secondary N) is 1. The van der Waals surface area contributed by atoms with Crippen molar-refractivity contribution in [3.8, 4) is 0 Å². The predicted molar refractivity (Wildman–Crippen MR) is 52.3 cm³/mol. The molecule has 0 aromatic rings. The summed E-state index contributed by atoms with van der Waals surface area (Å²) in [5.74, 6) is -0.393. The van der Waals surface area contributed by atoms with Crippen molar-refractivity contribution in [2.45, 2.75) is 19.5 Å². The maximum absolute atomic E-state index is 11.2. The predicted octanol–water partition coefficient (Wildman–Crippen LogP) is 1.06. The molecular weight excluding hydrogens is 239 g/mol. The third kappa shape index (κ3) is 3.42. The normalized spacial score (nSPS) is 30.0. The van der Waals surface area contributed by atoms with Gasteiger partial charge in [0.2, 0.25) is 0 Å². The Morgan fingerprint density at radius 2 is 1.71 bits per heavy atom. The van der Waals surface area contributed by atoms with E-state index < -0.39 is 12.1 Å². The smallest absolute Gasteiger partial charge is 0.475 e. The summed E-state index contributed by atoms with van der Waals surface area (Å²) in [5.41, 5.74) is 0. The Morgan fingerprint density at radius 1 is 1.29 bits per heavy atom. The molecule has 0 spiro atoms. The Morgan fingerprint density at radius 3 is 2.00 bits per heavy atom. The van der Waals surface area contributed by atoms with Gasteiger partial charge < -0.3 is 10.4 Å². The minimum absolute atomic E-state index is 0.450. The van der Waals surface area contributed by atoms with Crippen molar-refractivity contribution < 1.29 is 27.9 Å². The Bertz CT molecular complexity index is 306. The van der Waals surface area contributed by atoms with E-state index >= 15 is 0 Å². The van der Waals surface area contributed by atoms with E-state index in [1.807, 2.05) is 6.92 Å². The fourth-order valence-electron chi connectivity index (χ4n) is 2.13. The SMILES string of the molecule is CCC(=O)[C@@H]1[C@@H]2CNC[C@@H]21.O=C(O)C(F)(F)F. The Labute approximate surface area is 96.2 Å². The van der Waals surface area contributed by atoms with E-state index in [9.17, 15) is 18.0 Å². The number of aliphatic carboxylic acids is 1. The van der Waals surface area contributed by atoms with E-state index in [2.05, 4.69) is 5.32 Å². The van der Waals surface area contributed by atoms with Crippen LogP contribution < -0.4 is 5.32 Å². The van der Waals surface area contributed by atoms with Gasteiger partial charge in [-0.1, -0.05) is 6.92 Å². The molecule has 2 fully saturated rings. The summed E-state index contributed by atoms with van der Waals surface area (Å²) in [6.07, 6.45) is -4.35. The summed E-state index contributed by atoms with van der Waals surface area (Å²) in [6, 6.07) is 0. The summed E-state index contributed by atoms with van der Waals surface area (Å²) in [6.45, 7) is 4.13. The van der Waals surface area contributed by atoms with Crippen LogP contribution in [-0.2, 0) is 9.59 Å². The van der Waals surface area contributed by atoms with Gasteiger partial charge in [-0.15, -0.1) is 0 Å². The van der Waals surface area contributed by atoms with E-state index in [1.54, 1.807) is 0 Å². The molecule has 0 unspecified atom stereocenters. The molecule has 3 atom stereocenters. The van der Waals surface area contributed by atoms with Crippen molar-refractivity contribution >= 4 is 11.8 Å². The maximum Gasteiger partial charge on any atom is 0.490 e. The number of carboxylic acids is 1. The van der Waals surface area contributed by atoms with Gasteiger partial charge in [0, 0.05) is 12.3 Å². The van der Waals surface area contributed by atoms with Gasteiger partial charge in [0.15, 0.2) is 0 Å². The van der Waals surface area contributed by atoms with E-state index in [0.29, 0.717) is 23.5 Å². The van der Waals surface area contributed by atoms with Crippen molar-refractivity contribution in [2.24, 2.45) is 17.8 Å². The summed E-state index contributed by atoms with van der Waals surface area (Å²) in [4.78, 5) is 20.1. The minimum Gasteiger partial charge on any atom is -0.475 e. The number of Topliss-reactive ketones (excluding diaryl/α,β-unsaturated/α-hetero) is 1. The van der Waals surface area contributed by atoms with Crippen molar-refractivity contribution in [3.63, 3.8) is 0 Å². The van der Waals surface area contributed by atoms with Gasteiger partial charge in [-0.05, 0) is 24.9 Å². The lowest BCUT2D eigenvalue weighted by atomic mass is 10.1. The Hall–Kier alpha value is -1.11. The van der Waals surface area contributed by atoms with Gasteiger partial charge in [0.1, 0.15) is 5.78 Å². The number of ketones is 1. The van der Waals surface area contributed by atoms with Gasteiger partial charge in [-0.2, -0.15) is 13.2 Å². The zero-order chi connectivity index (χ0) is 13.2. The van der Waals surface area contributed by atoms with Gasteiger partial charge >= 0.3 is 12.1 Å². The summed E-state index contributed by atoms with van der Waals surface area (Å²) in [7, 11) is 0. The van der Waals surface area contributed by atoms with Crippen LogP contribution in [0.5, 0.6) is 0 Å². The number of halogens is 3. The van der Waals surface area contributed by atoms with E-state index in [0.717, 1.165) is 19.5 Å². The first-order chi connectivity index (χ1) is 7.79. The molecule has 1 saturated carbocycles. The van der Waals surface area contributed by atoms with Gasteiger partial charge in [0.25, 0.3) is 0 Å². The standard InChI is InChI=1S/C8H13NO.C2HF3O2/c1-2-7(10)8-5-3-9-4-6(5)8;3-2(4,5)1(6)7/h5-6,8-9H,2-4H2,1H3;(H,6,7)/t5-,6+,8-;. The Balaban J connectivity index is 0.000000185. The van der Waals surface area contributed by atoms with Crippen LogP contribution in [0, 0.1) is 17.8 Å². The lowest BCUT2D eigenvalue weighted by Gasteiger charge is -1.99. The van der Waals surface area contributed by atoms with Crippen molar-refractivity contribution in [1.82, 2.24) is 5.32 Å². The highest BCUT2D eigenvalue weighted by Gasteiger charge is 2.55. The molecule has 2 rings (SSSR count). The first kappa shape index (κ1) is 14.0. The number of carboxylic acid groups (broad SMARTS) is 1. The molecule has 1 aliphatic heterocycles. The topological polar surface area (TPSA) is 66.4 Å². The number of fused-ring (bicyclic) bond motifs is 1. The van der Waals surface area contributed by atoms with Crippen LogP contribution in [0.15, 0.2) is 0 Å². The average Bonchev–Trinajstić information content (AvgIpc) is 2.70. The number of carbonyl (C=O) groups is 2. The second kappa shape index (κ2) is 5.03. The quantitative estimate of drug-likeness (QED) is 0.772. The molecule has 1 heterocycles.